The molecule has 0 spiro atoms. The van der Waals surface area contributed by atoms with Crippen LogP contribution in [0, 0.1) is 6.92 Å². The van der Waals surface area contributed by atoms with Crippen LogP contribution < -0.4 is 4.90 Å². The Kier molecular flexibility index (Phi) is 5.64. The monoisotopic (exact) mass is 381 g/mol. The minimum absolute atomic E-state index is 0.208. The van der Waals surface area contributed by atoms with Crippen LogP contribution in [0.1, 0.15) is 11.1 Å². The lowest BCUT2D eigenvalue weighted by Gasteiger charge is -2.24. The topological polar surface area (TPSA) is 20.3 Å². The van der Waals surface area contributed by atoms with E-state index >= 15 is 0 Å². The molecule has 3 aromatic rings. The molecule has 5 heteroatoms. The van der Waals surface area contributed by atoms with Crippen LogP contribution in [-0.4, -0.2) is 12.0 Å². The number of ketones is 1. The molecule has 0 aromatic heterocycles. The largest absolute Gasteiger partial charge is 0.454 e. The summed E-state index contributed by atoms with van der Waals surface area (Å²) in [5, 5.41) is 0. The number of hydrogen-bond donors (Lipinski definition) is 0. The molecule has 0 atom stereocenters. The summed E-state index contributed by atoms with van der Waals surface area (Å²) >= 11 is 0. The van der Waals surface area contributed by atoms with Crippen molar-refractivity contribution in [1.29, 1.82) is 0 Å². The maximum absolute atomic E-state index is 13.3. The number of carbonyl (C=O) groups is 1. The number of nitrogens with zero attached hydrogens (tertiary/aromatic N) is 1. The van der Waals surface area contributed by atoms with Crippen molar-refractivity contribution in [3.63, 3.8) is 0 Å². The van der Waals surface area contributed by atoms with E-state index in [0.29, 0.717) is 11.4 Å². The van der Waals surface area contributed by atoms with Crippen LogP contribution in [0.15, 0.2) is 91.1 Å². The number of benzene rings is 3. The van der Waals surface area contributed by atoms with Gasteiger partial charge in [-0.3, -0.25) is 4.79 Å². The Balaban J connectivity index is 2.23. The fourth-order valence-electron chi connectivity index (χ4n) is 2.87. The highest BCUT2D eigenvalue weighted by Gasteiger charge is 2.41. The Hall–Kier alpha value is -3.34. The molecular formula is C23H18F3NO. The second-order valence-electron chi connectivity index (χ2n) is 6.23. The molecular weight excluding hydrogens is 363 g/mol. The smallest absolute Gasteiger partial charge is 0.316 e. The van der Waals surface area contributed by atoms with Crippen LogP contribution in [0.25, 0.3) is 5.57 Å². The maximum atomic E-state index is 13.3. The lowest BCUT2D eigenvalue weighted by atomic mass is 10.0. The number of para-hydroxylation sites is 2. The molecule has 0 unspecified atom stereocenters. The van der Waals surface area contributed by atoms with Gasteiger partial charge in [-0.1, -0.05) is 66.7 Å². The third-order valence-corrected chi connectivity index (χ3v) is 4.25. The van der Waals surface area contributed by atoms with Crippen molar-refractivity contribution in [3.8, 4) is 0 Å². The SMILES string of the molecule is Cc1ccccc1N(/C=C(\C(=O)C(F)(F)F)c1ccccc1)c1ccccc1. The second-order valence-corrected chi connectivity index (χ2v) is 6.23. The van der Waals surface area contributed by atoms with Crippen LogP contribution in [0.3, 0.4) is 0 Å². The minimum atomic E-state index is -4.98. The molecule has 0 saturated heterocycles. The zero-order chi connectivity index (χ0) is 20.1. The molecule has 3 aromatic carbocycles. The summed E-state index contributed by atoms with van der Waals surface area (Å²) in [5.41, 5.74) is 2.01. The van der Waals surface area contributed by atoms with Gasteiger partial charge in [0, 0.05) is 17.6 Å². The van der Waals surface area contributed by atoms with Gasteiger partial charge < -0.3 is 4.90 Å². The van der Waals surface area contributed by atoms with Gasteiger partial charge in [-0.05, 0) is 36.2 Å². The minimum Gasteiger partial charge on any atom is -0.316 e. The van der Waals surface area contributed by atoms with Crippen LogP contribution in [0.4, 0.5) is 24.5 Å². The normalized spacial score (nSPS) is 11.9. The highest BCUT2D eigenvalue weighted by Crippen LogP contribution is 2.33. The predicted molar refractivity (Wildman–Crippen MR) is 105 cm³/mol. The van der Waals surface area contributed by atoms with Gasteiger partial charge in [0.05, 0.1) is 5.57 Å². The van der Waals surface area contributed by atoms with Crippen molar-refractivity contribution in [2.45, 2.75) is 13.1 Å². The van der Waals surface area contributed by atoms with Gasteiger partial charge in [0.1, 0.15) is 0 Å². The zero-order valence-electron chi connectivity index (χ0n) is 15.1. The van der Waals surface area contributed by atoms with Crippen LogP contribution in [-0.2, 0) is 4.79 Å². The third-order valence-electron chi connectivity index (χ3n) is 4.25. The van der Waals surface area contributed by atoms with Crippen LogP contribution >= 0.6 is 0 Å². The third kappa shape index (κ3) is 4.31. The highest BCUT2D eigenvalue weighted by atomic mass is 19.4. The fraction of sp³-hybridized carbons (Fsp3) is 0.0870. The molecule has 3 rings (SSSR count). The van der Waals surface area contributed by atoms with Gasteiger partial charge >= 0.3 is 6.18 Å². The number of Topliss-reactive ketones (excluding diaryl/α,β-unsaturated/α-hetero) is 1. The molecule has 28 heavy (non-hydrogen) atoms. The number of anilines is 2. The number of hydrogen-bond acceptors (Lipinski definition) is 2. The van der Waals surface area contributed by atoms with E-state index in [1.807, 2.05) is 25.1 Å². The van der Waals surface area contributed by atoms with Crippen molar-refractivity contribution in [1.82, 2.24) is 0 Å². The predicted octanol–water partition coefficient (Wildman–Crippen LogP) is 6.31. The van der Waals surface area contributed by atoms with Gasteiger partial charge in [0.15, 0.2) is 0 Å². The molecule has 142 valence electrons. The Morgan fingerprint density at radius 3 is 1.93 bits per heavy atom. The Morgan fingerprint density at radius 2 is 1.36 bits per heavy atom. The highest BCUT2D eigenvalue weighted by molar-refractivity contribution is 6.23. The lowest BCUT2D eigenvalue weighted by molar-refractivity contribution is -0.164. The van der Waals surface area contributed by atoms with Crippen LogP contribution in [0.5, 0.6) is 0 Å². The van der Waals surface area contributed by atoms with E-state index in [1.54, 1.807) is 59.5 Å². The van der Waals surface area contributed by atoms with E-state index in [2.05, 4.69) is 0 Å². The molecule has 0 N–H and O–H groups in total. The van der Waals surface area contributed by atoms with Gasteiger partial charge in [-0.25, -0.2) is 0 Å². The number of alkyl halides is 3. The van der Waals surface area contributed by atoms with Crippen LogP contribution in [0.2, 0.25) is 0 Å². The first kappa shape index (κ1) is 19.4. The van der Waals surface area contributed by atoms with E-state index in [4.69, 9.17) is 0 Å². The van der Waals surface area contributed by atoms with Gasteiger partial charge in [0.2, 0.25) is 0 Å². The van der Waals surface area contributed by atoms with Crippen molar-refractivity contribution in [2.24, 2.45) is 0 Å². The molecule has 0 heterocycles. The van der Waals surface area contributed by atoms with E-state index in [0.717, 1.165) is 5.56 Å². The first-order valence-corrected chi connectivity index (χ1v) is 8.66. The Bertz CT molecular complexity index is 979. The number of allylic oxidation sites excluding steroid dienone is 1. The maximum Gasteiger partial charge on any atom is 0.454 e. The molecule has 0 aliphatic carbocycles. The Labute approximate surface area is 161 Å². The van der Waals surface area contributed by atoms with E-state index in [9.17, 15) is 18.0 Å². The summed E-state index contributed by atoms with van der Waals surface area (Å²) in [7, 11) is 0. The van der Waals surface area contributed by atoms with Gasteiger partial charge in [0.25, 0.3) is 5.78 Å². The molecule has 0 radical (unpaired) electrons. The number of aryl methyl sites for hydroxylation is 1. The molecule has 0 saturated carbocycles. The van der Waals surface area contributed by atoms with E-state index < -0.39 is 17.5 Å². The average Bonchev–Trinajstić information content (AvgIpc) is 2.70. The van der Waals surface area contributed by atoms with Gasteiger partial charge in [-0.2, -0.15) is 13.2 Å². The van der Waals surface area contributed by atoms with Gasteiger partial charge in [-0.15, -0.1) is 0 Å². The molecule has 0 aliphatic heterocycles. The Morgan fingerprint density at radius 1 is 0.821 bits per heavy atom. The van der Waals surface area contributed by atoms with E-state index in [-0.39, 0.29) is 5.56 Å². The second kappa shape index (κ2) is 8.13. The zero-order valence-corrected chi connectivity index (χ0v) is 15.1. The standard InChI is InChI=1S/C23H18F3NO/c1-17-10-8-9-15-21(17)27(19-13-6-3-7-14-19)16-20(22(28)23(24,25)26)18-11-4-2-5-12-18/h2-16H,1H3/b20-16-. The summed E-state index contributed by atoms with van der Waals surface area (Å²) < 4.78 is 39.9. The number of carbonyl (C=O) groups excluding carboxylic acids is 1. The molecule has 0 aliphatic rings. The molecule has 0 amide bonds. The van der Waals surface area contributed by atoms with Crippen molar-refractivity contribution >= 4 is 22.7 Å². The van der Waals surface area contributed by atoms with Crippen molar-refractivity contribution in [2.75, 3.05) is 4.90 Å². The summed E-state index contributed by atoms with van der Waals surface area (Å²) in [4.78, 5) is 13.8. The molecule has 0 bridgehead atoms. The fourth-order valence-corrected chi connectivity index (χ4v) is 2.87. The first-order valence-electron chi connectivity index (χ1n) is 8.66. The quantitative estimate of drug-likeness (QED) is 0.483. The van der Waals surface area contributed by atoms with Crippen molar-refractivity contribution in [3.05, 3.63) is 102 Å². The number of halogens is 3. The molecule has 2 nitrogen and oxygen atoms in total. The van der Waals surface area contributed by atoms with Crippen molar-refractivity contribution < 1.29 is 18.0 Å². The number of rotatable bonds is 5. The molecule has 0 fully saturated rings. The summed E-state index contributed by atoms with van der Waals surface area (Å²) in [6.45, 7) is 1.87. The first-order chi connectivity index (χ1) is 13.4. The van der Waals surface area contributed by atoms with E-state index in [1.165, 1.54) is 18.3 Å². The summed E-state index contributed by atoms with van der Waals surface area (Å²) in [5.74, 6) is -1.88. The summed E-state index contributed by atoms with van der Waals surface area (Å²) in [6, 6.07) is 24.2. The average molecular weight is 381 g/mol. The lowest BCUT2D eigenvalue weighted by Crippen LogP contribution is -2.25. The summed E-state index contributed by atoms with van der Waals surface area (Å²) in [6.07, 6.45) is -3.71.